The van der Waals surface area contributed by atoms with Crippen LogP contribution >= 0.6 is 30.8 Å². The zero-order chi connectivity index (χ0) is 88.2. The highest BCUT2D eigenvalue weighted by Gasteiger charge is 2.52. The number of ketones is 2. The monoisotopic (exact) mass is 1750 g/mol. The first-order chi connectivity index (χ1) is 57.3. The Morgan fingerprint density at radius 2 is 1.33 bits per heavy atom. The summed E-state index contributed by atoms with van der Waals surface area (Å²) in [6, 6.07) is 3.07. The maximum absolute atomic E-state index is 16.5. The van der Waals surface area contributed by atoms with Gasteiger partial charge in [0.05, 0.1) is 58.6 Å². The lowest BCUT2D eigenvalue weighted by molar-refractivity contribution is -0.334. The molecular weight excluding hydrogens is 1640 g/mol. The van der Waals surface area contributed by atoms with Crippen molar-refractivity contribution in [1.82, 2.24) is 37.2 Å². The van der Waals surface area contributed by atoms with Crippen LogP contribution in [0.1, 0.15) is 201 Å². The Balaban J connectivity index is 1.17. The van der Waals surface area contributed by atoms with Gasteiger partial charge in [0.25, 0.3) is 0 Å². The standard InChI is InChI=1S/C83H109Cl2N8O27P/c1-7-8-9-10-11-12-13-14-15-16-17-24-89-83(5)35-63(115-40(4)76(83)105)119-75-73(104)72(103)61(37-94)118-82(75)120-74-59-30-44-31-60(74)117-58-23-20-43(28-51(58)85)70(101)68-80(109)91-66(81(110)111)48-34-54(96)49(36-88-38-121(112,113)114)71(102)64(48)47-26-41(18-21-53(47)95)46(78(107)93-68)33-56(98)65(44)90-77(106)45(32-62(86)99)29-55(97)67(92-79(108)52(87-6)25-39(2)3)69(100)42-19-22-57(116-59)50(84)27-42/h18-23,26-28,30-31,34,39-40,45-46,52,61,63,65-70,72-73,75-76,82,87-89,94-96,100-105H,7-17,24-25,29,32-33,35-38H2,1-6H3,(H2,86,99)(H,90,106)(H,91,109)(H,92,108)(H,93,107)(H,110,111)(H2,112,113,114)/t40-,45-,46+,52+,61+,63?,65+,66+,67-,68-,69+,70?,72+,73-,75+,76+,82?,83-/m0/s1. The van der Waals surface area contributed by atoms with E-state index in [0.29, 0.717) is 6.54 Å². The summed E-state index contributed by atoms with van der Waals surface area (Å²) in [5, 5.41) is 136. The maximum atomic E-state index is 16.5. The van der Waals surface area contributed by atoms with Gasteiger partial charge in [-0.3, -0.25) is 38.1 Å². The van der Waals surface area contributed by atoms with Gasteiger partial charge in [0, 0.05) is 54.5 Å². The number of phenolic OH excluding ortho intramolecular Hbond substituents is 3. The normalized spacial score (nSPS) is 26.8. The molecule has 7 heterocycles. The van der Waals surface area contributed by atoms with Crippen LogP contribution in [-0.4, -0.2) is 207 Å². The van der Waals surface area contributed by atoms with E-state index in [1.807, 2.05) is 13.8 Å². The number of fused-ring (bicyclic) bond motifs is 15. The van der Waals surface area contributed by atoms with Crippen molar-refractivity contribution >= 4 is 77.9 Å². The molecule has 662 valence electrons. The number of Topliss-reactive ketones (excluding diaryl/α,β-unsaturated/α-hetero) is 2. The van der Waals surface area contributed by atoms with Crippen LogP contribution in [0.15, 0.2) is 72.8 Å². The molecule has 0 spiro atoms. The number of nitrogens with one attached hydrogen (secondary N) is 7. The van der Waals surface area contributed by atoms with Crippen LogP contribution in [0.2, 0.25) is 10.0 Å². The third kappa shape index (κ3) is 23.2. The molecule has 38 heteroatoms. The number of aliphatic hydroxyl groups excluding tert-OH is 6. The average Bonchev–Trinajstić information content (AvgIpc) is 1.36. The number of unbranched alkanes of at least 4 members (excludes halogenated alkanes) is 10. The lowest BCUT2D eigenvalue weighted by Crippen LogP contribution is -2.65. The highest BCUT2D eigenvalue weighted by Crippen LogP contribution is 2.52. The predicted molar refractivity (Wildman–Crippen MR) is 436 cm³/mol. The van der Waals surface area contributed by atoms with Crippen molar-refractivity contribution < 1.29 is 132 Å². The van der Waals surface area contributed by atoms with Gasteiger partial charge in [0.15, 0.2) is 41.5 Å². The third-order valence-corrected chi connectivity index (χ3v) is 23.8. The van der Waals surface area contributed by atoms with Gasteiger partial charge in [0.2, 0.25) is 41.6 Å². The van der Waals surface area contributed by atoms with Crippen LogP contribution in [0.4, 0.5) is 0 Å². The van der Waals surface area contributed by atoms with Crippen LogP contribution < -0.4 is 57.2 Å². The first kappa shape index (κ1) is 94.6. The molecule has 0 saturated carbocycles. The quantitative estimate of drug-likeness (QED) is 0.0178. The van der Waals surface area contributed by atoms with Gasteiger partial charge in [-0.05, 0) is 123 Å². The van der Waals surface area contributed by atoms with E-state index in [-0.39, 0.29) is 46.2 Å². The first-order valence-electron chi connectivity index (χ1n) is 40.5. The minimum Gasteiger partial charge on any atom is -0.507 e. The number of hydrogen-bond acceptors (Lipinski definition) is 27. The smallest absolute Gasteiger partial charge is 0.339 e. The Labute approximate surface area is 708 Å². The Morgan fingerprint density at radius 3 is 1.91 bits per heavy atom. The summed E-state index contributed by atoms with van der Waals surface area (Å²) in [4.78, 5) is 139. The molecule has 0 radical (unpaired) electrons. The summed E-state index contributed by atoms with van der Waals surface area (Å²) in [6.45, 7) is 7.98. The van der Waals surface area contributed by atoms with Crippen molar-refractivity contribution in [2.24, 2.45) is 17.6 Å². The number of amides is 5. The third-order valence-electron chi connectivity index (χ3n) is 22.5. The molecular formula is C83H109Cl2N8O27P. The summed E-state index contributed by atoms with van der Waals surface area (Å²) in [6.07, 6.45) is -9.21. The Bertz CT molecular complexity index is 4640. The molecule has 0 aromatic heterocycles. The van der Waals surface area contributed by atoms with Crippen molar-refractivity contribution in [2.75, 3.05) is 26.5 Å². The van der Waals surface area contributed by atoms with Crippen molar-refractivity contribution in [3.8, 4) is 57.1 Å². The number of phenols is 3. The molecule has 7 aliphatic heterocycles. The number of carboxylic acid groups (broad SMARTS) is 1. The number of rotatable bonds is 30. The molecule has 2 saturated heterocycles. The zero-order valence-electron chi connectivity index (χ0n) is 67.7. The first-order valence-corrected chi connectivity index (χ1v) is 43.0. The summed E-state index contributed by atoms with van der Waals surface area (Å²) in [5.41, 5.74) is 1.09. The number of carbonyl (C=O) groups excluding carboxylic acids is 7. The van der Waals surface area contributed by atoms with E-state index in [9.17, 15) is 79.8 Å². The van der Waals surface area contributed by atoms with Crippen LogP contribution in [0.5, 0.6) is 46.0 Å². The fraction of sp³-hybridized carbons (Fsp3) is 0.542. The fourth-order valence-electron chi connectivity index (χ4n) is 15.9. The van der Waals surface area contributed by atoms with Gasteiger partial charge >= 0.3 is 13.6 Å². The van der Waals surface area contributed by atoms with Crippen molar-refractivity contribution in [1.29, 1.82) is 0 Å². The largest absolute Gasteiger partial charge is 0.507 e. The summed E-state index contributed by atoms with van der Waals surface area (Å²) < 4.78 is 51.6. The number of primary amides is 1. The lowest BCUT2D eigenvalue weighted by atomic mass is 9.84. The number of hydrogen-bond donors (Lipinski definition) is 20. The molecule has 7 aliphatic rings. The van der Waals surface area contributed by atoms with E-state index in [4.69, 9.17) is 57.4 Å². The molecule has 21 N–H and O–H groups in total. The van der Waals surface area contributed by atoms with E-state index < -0.39 is 275 Å². The summed E-state index contributed by atoms with van der Waals surface area (Å²) in [5.74, 6) is -19.7. The van der Waals surface area contributed by atoms with Crippen LogP contribution in [0.25, 0.3) is 11.1 Å². The molecule has 121 heavy (non-hydrogen) atoms. The van der Waals surface area contributed by atoms with Gasteiger partial charge in [-0.2, -0.15) is 0 Å². The van der Waals surface area contributed by atoms with E-state index in [0.717, 1.165) is 86.7 Å². The molecule has 5 amide bonds. The molecule has 35 nitrogen and oxygen atoms in total. The number of aromatic hydroxyl groups is 3. The molecule has 0 aliphatic carbocycles. The van der Waals surface area contributed by atoms with Crippen LogP contribution in [0, 0.1) is 11.8 Å². The van der Waals surface area contributed by atoms with Crippen LogP contribution in [0.3, 0.4) is 0 Å². The number of carboxylic acids is 1. The second-order valence-electron chi connectivity index (χ2n) is 32.2. The number of carbonyl (C=O) groups is 8. The summed E-state index contributed by atoms with van der Waals surface area (Å²) in [7, 11) is -3.35. The van der Waals surface area contributed by atoms with E-state index in [1.54, 1.807) is 13.8 Å². The van der Waals surface area contributed by atoms with Gasteiger partial charge in [-0.25, -0.2) is 4.79 Å². The van der Waals surface area contributed by atoms with Gasteiger partial charge < -0.3 is 132 Å². The van der Waals surface area contributed by atoms with Gasteiger partial charge in [-0.1, -0.05) is 126 Å². The molecule has 18 atom stereocenters. The van der Waals surface area contributed by atoms with Gasteiger partial charge in [-0.15, -0.1) is 0 Å². The highest BCUT2D eigenvalue weighted by atomic mass is 35.5. The van der Waals surface area contributed by atoms with E-state index in [2.05, 4.69) is 44.1 Å². The number of benzene rings is 5. The zero-order valence-corrected chi connectivity index (χ0v) is 70.1. The SMILES string of the molecule is CCCCCCCCCCCCCN[C@@]1(C)CC(O[C@H]2C(Oc3c4cc5cc3Oc3ccc(cc3Cl)[C@@H](O)[C@@H](NC(=O)[C@@H](CC(C)C)NC)C(=O)C[C@@H](CC(N)=O)C(=O)N[C@H]5C(=O)C[C@H]3C(=O)N[C@H](C(=O)N[C@@H](C(=O)O)c5cc(O)c(CNCP(=O)(O)O)c(O)c5-c5cc3ccc5O)C(O)c3ccc(c(Cl)c3)O4)O[C@H](CO)[C@@H](O)[C@@H]2O)O[C@@H](C)[C@H]1O. The molecule has 2 fully saturated rings. The van der Waals surface area contributed by atoms with Crippen molar-refractivity contribution in [3.63, 3.8) is 0 Å². The predicted octanol–water partition coefficient (Wildman–Crippen LogP) is 6.25. The molecule has 5 aromatic rings. The Kier molecular flexibility index (Phi) is 32.6. The maximum Gasteiger partial charge on any atom is 0.339 e. The lowest BCUT2D eigenvalue weighted by Gasteiger charge is -2.48. The number of nitrogens with two attached hydrogens (primary N) is 1. The van der Waals surface area contributed by atoms with Crippen LogP contribution in [-0.2, 0) is 63.7 Å². The van der Waals surface area contributed by atoms with Crippen molar-refractivity contribution in [3.05, 3.63) is 116 Å². The number of halogens is 2. The number of ether oxygens (including phenoxy) is 6. The topological polar surface area (TPSA) is 562 Å². The average molecular weight is 1750 g/mol. The second-order valence-corrected chi connectivity index (χ2v) is 34.6. The van der Waals surface area contributed by atoms with E-state index in [1.165, 1.54) is 63.8 Å². The molecule has 11 bridgehead atoms. The molecule has 12 rings (SSSR count). The summed E-state index contributed by atoms with van der Waals surface area (Å²) >= 11 is 14.4. The highest BCUT2D eigenvalue weighted by molar-refractivity contribution is 7.51. The van der Waals surface area contributed by atoms with E-state index >= 15 is 24.0 Å². The second kappa shape index (κ2) is 41.7. The number of aliphatic hydroxyl groups is 6. The van der Waals surface area contributed by atoms with Gasteiger partial charge in [0.1, 0.15) is 77.4 Å². The molecule has 3 unspecified atom stereocenters. The minimum atomic E-state index is -4.83. The Morgan fingerprint density at radius 1 is 0.719 bits per heavy atom. The Hall–Kier alpha value is -8.69. The minimum absolute atomic E-state index is 0.0919. The van der Waals surface area contributed by atoms with Crippen molar-refractivity contribution in [2.45, 2.75) is 247 Å². The fourth-order valence-corrected chi connectivity index (χ4v) is 16.8. The molecule has 5 aromatic carbocycles. The number of aliphatic carboxylic acids is 1. The number of likely N-dealkylation sites (N-methyl/N-ethyl adjacent to an activating group) is 1.